The maximum atomic E-state index is 14.1. The fourth-order valence-corrected chi connectivity index (χ4v) is 4.07. The Morgan fingerprint density at radius 3 is 2.55 bits per heavy atom. The van der Waals surface area contributed by atoms with E-state index in [-0.39, 0.29) is 52.6 Å². The monoisotopic (exact) mass is 527 g/mol. The molecule has 3 aromatic heterocycles. The maximum absolute atomic E-state index is 14.1. The van der Waals surface area contributed by atoms with Crippen LogP contribution in [0.3, 0.4) is 0 Å². The topological polar surface area (TPSA) is 124 Å². The first-order valence-electron chi connectivity index (χ1n) is 11.3. The van der Waals surface area contributed by atoms with Crippen LogP contribution in [0.5, 0.6) is 5.75 Å². The minimum Gasteiger partial charge on any atom is -0.494 e. The number of hydrogen-bond acceptors (Lipinski definition) is 7. The zero-order valence-corrected chi connectivity index (χ0v) is 20.0. The highest BCUT2D eigenvalue weighted by molar-refractivity contribution is 5.99. The van der Waals surface area contributed by atoms with Gasteiger partial charge in [0, 0.05) is 13.7 Å². The molecule has 38 heavy (non-hydrogen) atoms. The summed E-state index contributed by atoms with van der Waals surface area (Å²) in [6, 6.07) is 12.5. The van der Waals surface area contributed by atoms with Crippen LogP contribution in [0.2, 0.25) is 0 Å². The molecule has 0 unspecified atom stereocenters. The van der Waals surface area contributed by atoms with E-state index in [9.17, 15) is 22.8 Å². The van der Waals surface area contributed by atoms with Gasteiger partial charge in [0.25, 0.3) is 11.5 Å². The van der Waals surface area contributed by atoms with Crippen molar-refractivity contribution in [3.63, 3.8) is 0 Å². The average Bonchev–Trinajstić information content (AvgIpc) is 3.51. The molecular weight excluding hydrogens is 507 g/mol. The minimum atomic E-state index is -4.90. The number of nitrogens with zero attached hydrogens (tertiary/aromatic N) is 3. The Balaban J connectivity index is 1.84. The van der Waals surface area contributed by atoms with Gasteiger partial charge in [0.1, 0.15) is 22.7 Å². The lowest BCUT2D eigenvalue weighted by molar-refractivity contribution is -0.140. The molecule has 0 aliphatic heterocycles. The number of carbonyl (C=O) groups is 1. The second kappa shape index (κ2) is 9.67. The number of carbonyl (C=O) groups excluding carboxylic acids is 1. The van der Waals surface area contributed by atoms with Crippen LogP contribution >= 0.6 is 0 Å². The fourth-order valence-electron chi connectivity index (χ4n) is 4.07. The lowest BCUT2D eigenvalue weighted by Gasteiger charge is -2.10. The molecule has 0 atom stereocenters. The number of nitrogens with one attached hydrogen (secondary N) is 2. The molecule has 10 nitrogen and oxygen atoms in total. The lowest BCUT2D eigenvalue weighted by Crippen LogP contribution is -2.31. The Morgan fingerprint density at radius 1 is 1.11 bits per heavy atom. The first kappa shape index (κ1) is 25.0. The summed E-state index contributed by atoms with van der Waals surface area (Å²) in [6.07, 6.45) is -4.90. The van der Waals surface area contributed by atoms with Crippen molar-refractivity contribution in [3.8, 4) is 28.3 Å². The van der Waals surface area contributed by atoms with Crippen LogP contribution in [0.1, 0.15) is 16.2 Å². The number of hydrogen-bond donors (Lipinski definition) is 2. The highest BCUT2D eigenvalue weighted by Crippen LogP contribution is 2.38. The van der Waals surface area contributed by atoms with Gasteiger partial charge in [0.05, 0.1) is 19.3 Å². The molecular formula is C25H20F3N5O5. The molecule has 0 saturated carbocycles. The number of halogens is 3. The zero-order chi connectivity index (χ0) is 27.0. The van der Waals surface area contributed by atoms with E-state index in [1.165, 1.54) is 26.4 Å². The van der Waals surface area contributed by atoms with Crippen LogP contribution < -0.4 is 15.6 Å². The van der Waals surface area contributed by atoms with Crippen LogP contribution in [0.4, 0.5) is 13.2 Å². The number of alkyl halides is 3. The van der Waals surface area contributed by atoms with E-state index in [2.05, 4.69) is 20.4 Å². The van der Waals surface area contributed by atoms with Crippen LogP contribution in [0.15, 0.2) is 57.7 Å². The first-order valence-corrected chi connectivity index (χ1v) is 11.3. The van der Waals surface area contributed by atoms with Crippen molar-refractivity contribution in [1.82, 2.24) is 24.9 Å². The van der Waals surface area contributed by atoms with Crippen molar-refractivity contribution >= 4 is 22.7 Å². The summed E-state index contributed by atoms with van der Waals surface area (Å²) in [6.45, 7) is 0.232. The van der Waals surface area contributed by atoms with Crippen molar-refractivity contribution in [1.29, 1.82) is 0 Å². The molecule has 3 heterocycles. The number of aromatic amines is 1. The molecule has 5 aromatic rings. The molecule has 0 saturated heterocycles. The third-order valence-electron chi connectivity index (χ3n) is 5.75. The molecule has 2 N–H and O–H groups in total. The second-order valence-corrected chi connectivity index (χ2v) is 8.10. The summed E-state index contributed by atoms with van der Waals surface area (Å²) in [4.78, 5) is 34.0. The molecule has 0 spiro atoms. The molecule has 5 rings (SSSR count). The SMILES string of the molecule is COCCNC(=O)c1[nH]c2c(-c3ccccc3)c(C(F)(F)F)nn2c(=O)c1-c1nc2c(OC)cccc2o1. The molecule has 13 heteroatoms. The Hall–Kier alpha value is -4.65. The van der Waals surface area contributed by atoms with Crippen molar-refractivity contribution in [2.75, 3.05) is 27.4 Å². The van der Waals surface area contributed by atoms with E-state index in [0.29, 0.717) is 10.3 Å². The van der Waals surface area contributed by atoms with Crippen LogP contribution in [0.25, 0.3) is 39.3 Å². The van der Waals surface area contributed by atoms with E-state index in [4.69, 9.17) is 13.9 Å². The third kappa shape index (κ3) is 4.26. The Labute approximate surface area is 212 Å². The zero-order valence-electron chi connectivity index (χ0n) is 20.0. The van der Waals surface area contributed by atoms with Crippen molar-refractivity contribution in [2.45, 2.75) is 6.18 Å². The van der Waals surface area contributed by atoms with Gasteiger partial charge in [-0.3, -0.25) is 9.59 Å². The minimum absolute atomic E-state index is 0.0714. The number of rotatable bonds is 7. The number of amides is 1. The van der Waals surface area contributed by atoms with Gasteiger partial charge < -0.3 is 24.2 Å². The molecule has 2 aromatic carbocycles. The molecule has 0 aliphatic carbocycles. The predicted octanol–water partition coefficient (Wildman–Crippen LogP) is 3.90. The number of aromatic nitrogens is 4. The van der Waals surface area contributed by atoms with Crippen molar-refractivity contribution < 1.29 is 31.9 Å². The highest BCUT2D eigenvalue weighted by Gasteiger charge is 2.40. The summed E-state index contributed by atoms with van der Waals surface area (Å²) in [5.41, 5.74) is -3.13. The van der Waals surface area contributed by atoms with Gasteiger partial charge in [0.15, 0.2) is 16.8 Å². The average molecular weight is 527 g/mol. The fraction of sp³-hybridized carbons (Fsp3) is 0.200. The summed E-state index contributed by atoms with van der Waals surface area (Å²) in [7, 11) is 2.86. The standard InChI is InChI=1S/C25H20F3N5O5/c1-36-12-11-29-22(34)19-17(23-31-18-14(37-2)9-6-10-15(18)38-23)24(35)33-21(30-19)16(13-7-4-3-5-8-13)20(32-33)25(26,27)28/h3-10,30H,11-12H2,1-2H3,(H,29,34). The van der Waals surface area contributed by atoms with Crippen molar-refractivity contribution in [2.24, 2.45) is 0 Å². The van der Waals surface area contributed by atoms with E-state index >= 15 is 0 Å². The number of benzene rings is 2. The first-order chi connectivity index (χ1) is 18.2. The van der Waals surface area contributed by atoms with Gasteiger partial charge >= 0.3 is 6.18 Å². The van der Waals surface area contributed by atoms with E-state index in [0.717, 1.165) is 0 Å². The van der Waals surface area contributed by atoms with Crippen LogP contribution in [-0.4, -0.2) is 52.9 Å². The Kier molecular flexibility index (Phi) is 6.36. The van der Waals surface area contributed by atoms with E-state index in [1.54, 1.807) is 36.4 Å². The predicted molar refractivity (Wildman–Crippen MR) is 130 cm³/mol. The smallest absolute Gasteiger partial charge is 0.435 e. The number of H-pyrrole nitrogens is 1. The van der Waals surface area contributed by atoms with Crippen LogP contribution in [0, 0.1) is 0 Å². The molecule has 0 bridgehead atoms. The highest BCUT2D eigenvalue weighted by atomic mass is 19.4. The number of ether oxygens (including phenoxy) is 2. The summed E-state index contributed by atoms with van der Waals surface area (Å²) in [5, 5.41) is 6.19. The summed E-state index contributed by atoms with van der Waals surface area (Å²) in [5.74, 6) is -0.736. The lowest BCUT2D eigenvalue weighted by atomic mass is 10.1. The number of oxazole rings is 1. The van der Waals surface area contributed by atoms with Crippen LogP contribution in [-0.2, 0) is 10.9 Å². The Bertz CT molecular complexity index is 1710. The summed E-state index contributed by atoms with van der Waals surface area (Å²) >= 11 is 0. The maximum Gasteiger partial charge on any atom is 0.435 e. The van der Waals surface area contributed by atoms with Crippen molar-refractivity contribution in [3.05, 3.63) is 70.3 Å². The van der Waals surface area contributed by atoms with Gasteiger partial charge in [-0.2, -0.15) is 22.8 Å². The Morgan fingerprint density at radius 2 is 1.87 bits per heavy atom. The number of fused-ring (bicyclic) bond motifs is 2. The van der Waals surface area contributed by atoms with Gasteiger partial charge in [-0.05, 0) is 17.7 Å². The molecule has 196 valence electrons. The van der Waals surface area contributed by atoms with E-state index in [1.807, 2.05) is 0 Å². The second-order valence-electron chi connectivity index (χ2n) is 8.10. The molecule has 0 fully saturated rings. The number of para-hydroxylation sites is 1. The molecule has 0 radical (unpaired) electrons. The third-order valence-corrected chi connectivity index (χ3v) is 5.75. The molecule has 0 aliphatic rings. The largest absolute Gasteiger partial charge is 0.494 e. The normalized spacial score (nSPS) is 11.8. The van der Waals surface area contributed by atoms with Gasteiger partial charge in [-0.25, -0.2) is 4.98 Å². The quantitative estimate of drug-likeness (QED) is 0.308. The van der Waals surface area contributed by atoms with Gasteiger partial charge in [0.2, 0.25) is 5.89 Å². The number of methoxy groups -OCH3 is 2. The van der Waals surface area contributed by atoms with E-state index < -0.39 is 28.9 Å². The summed E-state index contributed by atoms with van der Waals surface area (Å²) < 4.78 is 58.8. The van der Waals surface area contributed by atoms with Gasteiger partial charge in [-0.15, -0.1) is 0 Å². The molecule has 1 amide bonds. The van der Waals surface area contributed by atoms with Gasteiger partial charge in [-0.1, -0.05) is 36.4 Å².